The highest BCUT2D eigenvalue weighted by Gasteiger charge is 2.11. The van der Waals surface area contributed by atoms with Gasteiger partial charge in [-0.05, 0) is 19.1 Å². The molecule has 1 aromatic carbocycles. The predicted molar refractivity (Wildman–Crippen MR) is 63.2 cm³/mol. The summed E-state index contributed by atoms with van der Waals surface area (Å²) in [4.78, 5) is 11.0. The van der Waals surface area contributed by atoms with Gasteiger partial charge in [-0.2, -0.15) is 4.39 Å². The van der Waals surface area contributed by atoms with Crippen LogP contribution in [-0.2, 0) is 9.53 Å². The number of carbonyl (C=O) groups excluding carboxylic acids is 1. The van der Waals surface area contributed by atoms with Crippen molar-refractivity contribution in [2.75, 3.05) is 13.7 Å². The van der Waals surface area contributed by atoms with Gasteiger partial charge in [-0.15, -0.1) is 0 Å². The summed E-state index contributed by atoms with van der Waals surface area (Å²) >= 11 is 0. The van der Waals surface area contributed by atoms with Gasteiger partial charge in [-0.25, -0.2) is 4.39 Å². The predicted octanol–water partition coefficient (Wildman–Crippen LogP) is 2.94. The van der Waals surface area contributed by atoms with Crippen molar-refractivity contribution in [1.82, 2.24) is 0 Å². The van der Waals surface area contributed by atoms with Crippen molar-refractivity contribution in [1.29, 1.82) is 0 Å². The molecule has 3 nitrogen and oxygen atoms in total. The summed E-state index contributed by atoms with van der Waals surface area (Å²) in [7, 11) is 1.26. The summed E-state index contributed by atoms with van der Waals surface area (Å²) in [5, 5.41) is 0. The Kier molecular flexibility index (Phi) is 5.30. The van der Waals surface area contributed by atoms with Gasteiger partial charge in [0.1, 0.15) is 0 Å². The zero-order valence-corrected chi connectivity index (χ0v) is 10.2. The van der Waals surface area contributed by atoms with Gasteiger partial charge in [0.15, 0.2) is 11.6 Å². The van der Waals surface area contributed by atoms with Crippen LogP contribution in [0.25, 0.3) is 6.08 Å². The van der Waals surface area contributed by atoms with Crippen LogP contribution >= 0.6 is 0 Å². The van der Waals surface area contributed by atoms with Gasteiger partial charge < -0.3 is 9.47 Å². The quantitative estimate of drug-likeness (QED) is 0.760. The molecule has 0 amide bonds. The Balaban J connectivity index is 2.76. The molecule has 0 unspecified atom stereocenters. The van der Waals surface area contributed by atoms with Crippen LogP contribution in [0.2, 0.25) is 0 Å². The Morgan fingerprint density at radius 2 is 2.06 bits per heavy atom. The summed E-state index contributed by atoms with van der Waals surface area (Å²) < 4.78 is 36.2. The second kappa shape index (κ2) is 6.74. The molecular formula is C13H14F2O3. The third-order valence-corrected chi connectivity index (χ3v) is 2.18. The van der Waals surface area contributed by atoms with Crippen molar-refractivity contribution in [3.63, 3.8) is 0 Å². The first-order valence-corrected chi connectivity index (χ1v) is 5.44. The number of carbonyl (C=O) groups is 1. The molecule has 0 spiro atoms. The lowest BCUT2D eigenvalue weighted by molar-refractivity contribution is -0.142. The van der Waals surface area contributed by atoms with E-state index in [0.29, 0.717) is 0 Å². The molecule has 18 heavy (non-hydrogen) atoms. The first-order chi connectivity index (χ1) is 8.60. The number of methoxy groups -OCH3 is 1. The van der Waals surface area contributed by atoms with Gasteiger partial charge in [0.25, 0.3) is 0 Å². The van der Waals surface area contributed by atoms with E-state index in [1.165, 1.54) is 31.4 Å². The third-order valence-electron chi connectivity index (χ3n) is 2.18. The van der Waals surface area contributed by atoms with E-state index in [2.05, 4.69) is 4.74 Å². The van der Waals surface area contributed by atoms with Crippen molar-refractivity contribution in [2.24, 2.45) is 0 Å². The molecule has 0 heterocycles. The van der Waals surface area contributed by atoms with Crippen molar-refractivity contribution in [3.8, 4) is 5.75 Å². The van der Waals surface area contributed by atoms with E-state index >= 15 is 0 Å². The summed E-state index contributed by atoms with van der Waals surface area (Å²) in [5.41, 5.74) is 0.0533. The minimum atomic E-state index is -1.05. The van der Waals surface area contributed by atoms with Crippen LogP contribution in [0, 0.1) is 11.6 Å². The third kappa shape index (κ3) is 3.55. The van der Waals surface area contributed by atoms with Crippen LogP contribution in [0.3, 0.4) is 0 Å². The maximum absolute atomic E-state index is 13.5. The topological polar surface area (TPSA) is 35.5 Å². The highest BCUT2D eigenvalue weighted by Crippen LogP contribution is 2.23. The molecule has 0 N–H and O–H groups in total. The van der Waals surface area contributed by atoms with Crippen LogP contribution in [-0.4, -0.2) is 19.7 Å². The molecule has 0 aromatic heterocycles. The number of halogens is 2. The molecule has 0 radical (unpaired) electrons. The summed E-state index contributed by atoms with van der Waals surface area (Å²) in [6, 6.07) is 2.70. The van der Waals surface area contributed by atoms with E-state index < -0.39 is 17.6 Å². The molecule has 0 fully saturated rings. The standard InChI is InChI=1S/C13H14F2O3/c1-3-18-11(16)6-4-5-9-7-8-10(17-2)13(15)12(9)14/h4-5,7-8H,3,6H2,1-2H3. The van der Waals surface area contributed by atoms with Crippen LogP contribution in [0.15, 0.2) is 18.2 Å². The van der Waals surface area contributed by atoms with Gasteiger partial charge >= 0.3 is 5.97 Å². The first kappa shape index (κ1) is 14.2. The molecule has 0 saturated heterocycles. The lowest BCUT2D eigenvalue weighted by Gasteiger charge is -2.04. The molecule has 0 aliphatic carbocycles. The van der Waals surface area contributed by atoms with E-state index in [-0.39, 0.29) is 24.3 Å². The van der Waals surface area contributed by atoms with E-state index in [4.69, 9.17) is 4.74 Å². The molecular weight excluding hydrogens is 242 g/mol. The normalized spacial score (nSPS) is 10.7. The fraction of sp³-hybridized carbons (Fsp3) is 0.308. The van der Waals surface area contributed by atoms with Crippen LogP contribution < -0.4 is 4.74 Å². The maximum Gasteiger partial charge on any atom is 0.309 e. The lowest BCUT2D eigenvalue weighted by Crippen LogP contribution is -2.01. The number of hydrogen-bond acceptors (Lipinski definition) is 3. The zero-order chi connectivity index (χ0) is 13.5. The smallest absolute Gasteiger partial charge is 0.309 e. The van der Waals surface area contributed by atoms with E-state index in [9.17, 15) is 13.6 Å². The van der Waals surface area contributed by atoms with Crippen molar-refractivity contribution in [3.05, 3.63) is 35.4 Å². The van der Waals surface area contributed by atoms with Crippen molar-refractivity contribution >= 4 is 12.0 Å². The van der Waals surface area contributed by atoms with Gasteiger partial charge in [0, 0.05) is 5.56 Å². The number of rotatable bonds is 5. The number of ether oxygens (including phenoxy) is 2. The van der Waals surface area contributed by atoms with Crippen LogP contribution in [0.1, 0.15) is 18.9 Å². The molecule has 5 heteroatoms. The second-order valence-corrected chi connectivity index (χ2v) is 3.40. The molecule has 0 atom stereocenters. The second-order valence-electron chi connectivity index (χ2n) is 3.40. The van der Waals surface area contributed by atoms with Crippen molar-refractivity contribution in [2.45, 2.75) is 13.3 Å². The minimum Gasteiger partial charge on any atom is -0.494 e. The highest BCUT2D eigenvalue weighted by molar-refractivity contribution is 5.72. The number of benzene rings is 1. The largest absolute Gasteiger partial charge is 0.494 e. The molecule has 0 aliphatic rings. The van der Waals surface area contributed by atoms with Gasteiger partial charge in [-0.1, -0.05) is 12.2 Å². The Bertz CT molecular complexity index is 456. The molecule has 0 bridgehead atoms. The number of esters is 1. The first-order valence-electron chi connectivity index (χ1n) is 5.44. The Hall–Kier alpha value is -1.91. The summed E-state index contributed by atoms with van der Waals surface area (Å²) in [5.74, 6) is -2.62. The Morgan fingerprint density at radius 3 is 2.67 bits per heavy atom. The average Bonchev–Trinajstić information content (AvgIpc) is 2.35. The summed E-state index contributed by atoms with van der Waals surface area (Å²) in [6.45, 7) is 1.98. The highest BCUT2D eigenvalue weighted by atomic mass is 19.2. The maximum atomic E-state index is 13.5. The lowest BCUT2D eigenvalue weighted by atomic mass is 10.1. The van der Waals surface area contributed by atoms with Crippen LogP contribution in [0.4, 0.5) is 8.78 Å². The monoisotopic (exact) mass is 256 g/mol. The SMILES string of the molecule is CCOC(=O)CC=Cc1ccc(OC)c(F)c1F. The van der Waals surface area contributed by atoms with Gasteiger partial charge in [-0.3, -0.25) is 4.79 Å². The van der Waals surface area contributed by atoms with E-state index in [0.717, 1.165) is 0 Å². The van der Waals surface area contributed by atoms with Crippen molar-refractivity contribution < 1.29 is 23.0 Å². The Morgan fingerprint density at radius 1 is 1.33 bits per heavy atom. The van der Waals surface area contributed by atoms with Gasteiger partial charge in [0.2, 0.25) is 5.82 Å². The molecule has 0 aliphatic heterocycles. The van der Waals surface area contributed by atoms with Crippen LogP contribution in [0.5, 0.6) is 5.75 Å². The number of hydrogen-bond donors (Lipinski definition) is 0. The minimum absolute atomic E-state index is 0.0148. The summed E-state index contributed by atoms with van der Waals surface area (Å²) in [6.07, 6.45) is 2.76. The molecule has 1 aromatic rings. The fourth-order valence-electron chi connectivity index (χ4n) is 1.34. The molecule has 0 saturated carbocycles. The Labute approximate surface area is 104 Å². The van der Waals surface area contributed by atoms with Gasteiger partial charge in [0.05, 0.1) is 20.1 Å². The molecule has 1 rings (SSSR count). The average molecular weight is 256 g/mol. The fourth-order valence-corrected chi connectivity index (χ4v) is 1.34. The molecule has 98 valence electrons. The zero-order valence-electron chi connectivity index (χ0n) is 10.2. The van der Waals surface area contributed by atoms with E-state index in [1.807, 2.05) is 0 Å². The van der Waals surface area contributed by atoms with E-state index in [1.54, 1.807) is 6.92 Å².